The molecule has 0 aromatic carbocycles. The van der Waals surface area contributed by atoms with Crippen molar-refractivity contribution in [2.24, 2.45) is 0 Å². The van der Waals surface area contributed by atoms with Gasteiger partial charge in [-0.1, -0.05) is 0 Å². The Hall–Kier alpha value is -0.890. The second kappa shape index (κ2) is 8.28. The van der Waals surface area contributed by atoms with Crippen LogP contribution in [-0.4, -0.2) is 72.5 Å². The summed E-state index contributed by atoms with van der Waals surface area (Å²) in [5.41, 5.74) is -0.557. The van der Waals surface area contributed by atoms with Crippen LogP contribution < -0.4 is 5.32 Å². The van der Waals surface area contributed by atoms with Crippen LogP contribution in [0, 0.1) is 0 Å². The number of nitrogens with zero attached hydrogens (tertiary/aromatic N) is 1. The molecular weight excluding hydrogens is 300 g/mol. The summed E-state index contributed by atoms with van der Waals surface area (Å²) < 4.78 is 16.5. The SMILES string of the molecule is CC(O)CN(CCNC1COC(C)(C)OC1)C(=O)OC(C)(C)C. The Morgan fingerprint density at radius 3 is 2.43 bits per heavy atom. The fraction of sp³-hybridized carbons (Fsp3) is 0.938. The summed E-state index contributed by atoms with van der Waals surface area (Å²) in [5, 5.41) is 12.9. The Kier molecular flexibility index (Phi) is 7.26. The van der Waals surface area contributed by atoms with Gasteiger partial charge >= 0.3 is 6.09 Å². The molecule has 23 heavy (non-hydrogen) atoms. The van der Waals surface area contributed by atoms with E-state index >= 15 is 0 Å². The third-order valence-electron chi connectivity index (χ3n) is 3.22. The highest BCUT2D eigenvalue weighted by atomic mass is 16.7. The van der Waals surface area contributed by atoms with Gasteiger partial charge in [0.05, 0.1) is 25.4 Å². The van der Waals surface area contributed by atoms with Crippen LogP contribution in [0.3, 0.4) is 0 Å². The van der Waals surface area contributed by atoms with Crippen molar-refractivity contribution < 1.29 is 24.1 Å². The van der Waals surface area contributed by atoms with E-state index in [9.17, 15) is 9.90 Å². The standard InChI is InChI=1S/C16H32N2O5/c1-12(19)9-18(14(20)23-15(2,3)4)8-7-17-13-10-21-16(5,6)22-11-13/h12-13,17,19H,7-11H2,1-6H3. The molecule has 0 bridgehead atoms. The molecule has 7 heteroatoms. The molecule has 0 aromatic heterocycles. The fourth-order valence-corrected chi connectivity index (χ4v) is 2.12. The van der Waals surface area contributed by atoms with Crippen LogP contribution >= 0.6 is 0 Å². The minimum absolute atomic E-state index is 0.0926. The molecule has 1 fully saturated rings. The summed E-state index contributed by atoms with van der Waals surface area (Å²) in [6.07, 6.45) is -1.03. The number of hydrogen-bond acceptors (Lipinski definition) is 6. The summed E-state index contributed by atoms with van der Waals surface area (Å²) >= 11 is 0. The molecule has 0 radical (unpaired) electrons. The van der Waals surface area contributed by atoms with E-state index in [0.29, 0.717) is 26.3 Å². The van der Waals surface area contributed by atoms with Crippen LogP contribution in [0.5, 0.6) is 0 Å². The van der Waals surface area contributed by atoms with Crippen molar-refractivity contribution in [3.05, 3.63) is 0 Å². The predicted octanol–water partition coefficient (Wildman–Crippen LogP) is 1.35. The average molecular weight is 332 g/mol. The number of hydrogen-bond donors (Lipinski definition) is 2. The van der Waals surface area contributed by atoms with Gasteiger partial charge in [-0.25, -0.2) is 4.79 Å². The summed E-state index contributed by atoms with van der Waals surface area (Å²) in [4.78, 5) is 13.7. The Morgan fingerprint density at radius 1 is 1.39 bits per heavy atom. The van der Waals surface area contributed by atoms with Gasteiger partial charge in [0, 0.05) is 19.6 Å². The van der Waals surface area contributed by atoms with Crippen molar-refractivity contribution in [3.8, 4) is 0 Å². The number of amides is 1. The Morgan fingerprint density at radius 2 is 1.96 bits per heavy atom. The number of aliphatic hydroxyl groups is 1. The van der Waals surface area contributed by atoms with Crippen molar-refractivity contribution in [2.45, 2.75) is 65.1 Å². The van der Waals surface area contributed by atoms with Gasteiger partial charge in [-0.15, -0.1) is 0 Å². The number of nitrogens with one attached hydrogen (secondary N) is 1. The molecular formula is C16H32N2O5. The first-order valence-corrected chi connectivity index (χ1v) is 8.16. The molecule has 0 aromatic rings. The van der Waals surface area contributed by atoms with Gasteiger partial charge in [-0.05, 0) is 41.5 Å². The molecule has 1 aliphatic rings. The Balaban J connectivity index is 2.41. The smallest absolute Gasteiger partial charge is 0.410 e. The van der Waals surface area contributed by atoms with E-state index in [1.54, 1.807) is 6.92 Å². The van der Waals surface area contributed by atoms with E-state index in [-0.39, 0.29) is 12.6 Å². The maximum Gasteiger partial charge on any atom is 0.410 e. The van der Waals surface area contributed by atoms with E-state index in [4.69, 9.17) is 14.2 Å². The second-order valence-corrected chi connectivity index (χ2v) is 7.45. The molecule has 136 valence electrons. The number of aliphatic hydroxyl groups excluding tert-OH is 1. The largest absolute Gasteiger partial charge is 0.444 e. The lowest BCUT2D eigenvalue weighted by Crippen LogP contribution is -2.51. The molecule has 1 unspecified atom stereocenters. The van der Waals surface area contributed by atoms with Crippen LogP contribution in [0.4, 0.5) is 4.79 Å². The molecule has 1 atom stereocenters. The Bertz CT molecular complexity index is 369. The van der Waals surface area contributed by atoms with Crippen LogP contribution in [0.1, 0.15) is 41.5 Å². The van der Waals surface area contributed by atoms with E-state index in [1.165, 1.54) is 4.90 Å². The summed E-state index contributed by atoms with van der Waals surface area (Å²) in [6.45, 7) is 13.3. The van der Waals surface area contributed by atoms with Gasteiger partial charge < -0.3 is 29.5 Å². The lowest BCUT2D eigenvalue weighted by molar-refractivity contribution is -0.252. The van der Waals surface area contributed by atoms with Crippen molar-refractivity contribution >= 4 is 6.09 Å². The maximum atomic E-state index is 12.2. The second-order valence-electron chi connectivity index (χ2n) is 7.45. The molecule has 1 saturated heterocycles. The number of ether oxygens (including phenoxy) is 3. The van der Waals surface area contributed by atoms with Gasteiger partial charge in [-0.3, -0.25) is 0 Å². The van der Waals surface area contributed by atoms with Crippen LogP contribution in [0.25, 0.3) is 0 Å². The zero-order chi connectivity index (χ0) is 17.7. The molecule has 0 spiro atoms. The highest BCUT2D eigenvalue weighted by Crippen LogP contribution is 2.16. The summed E-state index contributed by atoms with van der Waals surface area (Å²) in [7, 11) is 0. The topological polar surface area (TPSA) is 80.3 Å². The van der Waals surface area contributed by atoms with Crippen LogP contribution in [0.15, 0.2) is 0 Å². The third-order valence-corrected chi connectivity index (χ3v) is 3.22. The minimum atomic E-state index is -0.607. The van der Waals surface area contributed by atoms with E-state index in [1.807, 2.05) is 34.6 Å². The fourth-order valence-electron chi connectivity index (χ4n) is 2.12. The number of rotatable bonds is 6. The zero-order valence-corrected chi connectivity index (χ0v) is 15.2. The van der Waals surface area contributed by atoms with Crippen molar-refractivity contribution in [1.29, 1.82) is 0 Å². The number of carbonyl (C=O) groups is 1. The molecule has 1 heterocycles. The maximum absolute atomic E-state index is 12.2. The van der Waals surface area contributed by atoms with E-state index in [0.717, 1.165) is 0 Å². The van der Waals surface area contributed by atoms with Crippen LogP contribution in [0.2, 0.25) is 0 Å². The van der Waals surface area contributed by atoms with Gasteiger partial charge in [0.2, 0.25) is 0 Å². The highest BCUT2D eigenvalue weighted by molar-refractivity contribution is 5.68. The molecule has 7 nitrogen and oxygen atoms in total. The first-order chi connectivity index (χ1) is 10.5. The lowest BCUT2D eigenvalue weighted by atomic mass is 10.2. The molecule has 2 N–H and O–H groups in total. The predicted molar refractivity (Wildman–Crippen MR) is 87.3 cm³/mol. The molecule has 0 saturated carbocycles. The van der Waals surface area contributed by atoms with Gasteiger partial charge in [0.1, 0.15) is 5.60 Å². The van der Waals surface area contributed by atoms with Gasteiger partial charge in [-0.2, -0.15) is 0 Å². The van der Waals surface area contributed by atoms with Crippen molar-refractivity contribution in [3.63, 3.8) is 0 Å². The first kappa shape index (κ1) is 20.2. The minimum Gasteiger partial charge on any atom is -0.444 e. The number of carbonyl (C=O) groups excluding carboxylic acids is 1. The highest BCUT2D eigenvalue weighted by Gasteiger charge is 2.28. The van der Waals surface area contributed by atoms with Crippen molar-refractivity contribution in [1.82, 2.24) is 10.2 Å². The molecule has 1 amide bonds. The van der Waals surface area contributed by atoms with Gasteiger partial charge in [0.25, 0.3) is 0 Å². The Labute approximate surface area is 139 Å². The van der Waals surface area contributed by atoms with E-state index in [2.05, 4.69) is 5.32 Å². The summed E-state index contributed by atoms with van der Waals surface area (Å²) in [6, 6.07) is 0.0926. The quantitative estimate of drug-likeness (QED) is 0.764. The van der Waals surface area contributed by atoms with Crippen LogP contribution in [-0.2, 0) is 14.2 Å². The third kappa shape index (κ3) is 8.50. The zero-order valence-electron chi connectivity index (χ0n) is 15.2. The summed E-state index contributed by atoms with van der Waals surface area (Å²) in [5.74, 6) is -0.535. The molecule has 1 rings (SSSR count). The normalized spacial score (nSPS) is 20.1. The van der Waals surface area contributed by atoms with Crippen molar-refractivity contribution in [2.75, 3.05) is 32.8 Å². The molecule has 1 aliphatic heterocycles. The average Bonchev–Trinajstić information content (AvgIpc) is 2.37. The lowest BCUT2D eigenvalue weighted by Gasteiger charge is -2.35. The first-order valence-electron chi connectivity index (χ1n) is 8.16. The molecule has 0 aliphatic carbocycles. The van der Waals surface area contributed by atoms with Gasteiger partial charge in [0.15, 0.2) is 5.79 Å². The van der Waals surface area contributed by atoms with E-state index < -0.39 is 23.6 Å². The monoisotopic (exact) mass is 332 g/mol.